The molecule has 10 nitrogen and oxygen atoms in total. The predicted molar refractivity (Wildman–Crippen MR) is 116 cm³/mol. The summed E-state index contributed by atoms with van der Waals surface area (Å²) in [5, 5.41) is 21.4. The molecule has 0 bridgehead atoms. The first-order chi connectivity index (χ1) is 16.6. The number of alkyl halides is 3. The molecule has 15 heteroatoms. The fourth-order valence-electron chi connectivity index (χ4n) is 4.10. The number of hydrogen-bond acceptors (Lipinski definition) is 9. The van der Waals surface area contributed by atoms with E-state index in [2.05, 4.69) is 15.3 Å². The zero-order valence-corrected chi connectivity index (χ0v) is 19.2. The average molecular weight is 531 g/mol. The van der Waals surface area contributed by atoms with E-state index in [4.69, 9.17) is 19.7 Å². The second kappa shape index (κ2) is 9.83. The highest BCUT2D eigenvalue weighted by Crippen LogP contribution is 2.48. The zero-order valence-electron chi connectivity index (χ0n) is 17.6. The van der Waals surface area contributed by atoms with E-state index in [0.29, 0.717) is 5.75 Å². The van der Waals surface area contributed by atoms with Crippen LogP contribution in [0.5, 0.6) is 0 Å². The van der Waals surface area contributed by atoms with Gasteiger partial charge < -0.3 is 20.3 Å². The minimum atomic E-state index is -5.08. The number of halogens is 3. The third-order valence-corrected chi connectivity index (χ3v) is 7.60. The Kier molecular flexibility index (Phi) is 7.00. The fraction of sp³-hybridized carbons (Fsp3) is 0.350. The molecular weight excluding hydrogens is 513 g/mol. The number of aliphatic carboxylic acids is 1. The molecule has 35 heavy (non-hydrogen) atoms. The van der Waals surface area contributed by atoms with Crippen molar-refractivity contribution in [3.8, 4) is 11.3 Å². The molecule has 0 saturated carbocycles. The van der Waals surface area contributed by atoms with E-state index in [1.807, 2.05) is 17.5 Å². The molecule has 5 rings (SSSR count). The summed E-state index contributed by atoms with van der Waals surface area (Å²) in [5.74, 6) is -2.00. The molecular formula is C20H17F3N4O6S2. The van der Waals surface area contributed by atoms with Crippen molar-refractivity contribution in [1.29, 1.82) is 0 Å². The Balaban J connectivity index is 0.000000364. The van der Waals surface area contributed by atoms with Crippen molar-refractivity contribution in [2.45, 2.75) is 29.0 Å². The van der Waals surface area contributed by atoms with Crippen LogP contribution in [0.2, 0.25) is 0 Å². The standard InChI is InChI=1S/C18H16N4O4S2.C2HF3O2/c23-15-13-14-10(3-5-20-13)11(16(22(14)15)26-18(24)25)7-27-17-21-12(8-28-17)9-2-1-4-19-6-9;3-2(4,5)1(6)7/h1-2,4,6,8,10,13-14,20H,3,5,7H2,(H,24,25);(H,6,7)/t10?,13-,14+;/m0./s1. The first kappa shape index (κ1) is 24.9. The van der Waals surface area contributed by atoms with E-state index >= 15 is 0 Å². The van der Waals surface area contributed by atoms with E-state index in [0.717, 1.165) is 34.1 Å². The molecule has 3 aliphatic heterocycles. The van der Waals surface area contributed by atoms with Gasteiger partial charge in [0.15, 0.2) is 4.34 Å². The Morgan fingerprint density at radius 3 is 2.71 bits per heavy atom. The largest absolute Gasteiger partial charge is 0.512 e. The van der Waals surface area contributed by atoms with Crippen LogP contribution in [0.3, 0.4) is 0 Å². The van der Waals surface area contributed by atoms with Gasteiger partial charge in [-0.05, 0) is 25.1 Å². The fourth-order valence-corrected chi connectivity index (χ4v) is 6.03. The second-order valence-corrected chi connectivity index (χ2v) is 9.64. The molecule has 1 amide bonds. The molecule has 2 aromatic heterocycles. The van der Waals surface area contributed by atoms with Crippen LogP contribution in [0.1, 0.15) is 6.42 Å². The van der Waals surface area contributed by atoms with Gasteiger partial charge in [-0.25, -0.2) is 14.6 Å². The van der Waals surface area contributed by atoms with Gasteiger partial charge in [0, 0.05) is 40.6 Å². The van der Waals surface area contributed by atoms with E-state index in [1.165, 1.54) is 28.0 Å². The van der Waals surface area contributed by atoms with Crippen molar-refractivity contribution < 1.29 is 42.5 Å². The first-order valence-corrected chi connectivity index (χ1v) is 11.9. The molecule has 186 valence electrons. The number of nitrogens with zero attached hydrogens (tertiary/aromatic N) is 3. The van der Waals surface area contributed by atoms with Crippen LogP contribution < -0.4 is 5.32 Å². The monoisotopic (exact) mass is 530 g/mol. The SMILES string of the molecule is O=C(O)C(F)(F)F.O=C(O)OC1=C(CSc2nc(-c3cccnc3)cs2)C2CCN[C@@H]3C(=O)N1[C@H]23. The number of carbonyl (C=O) groups is 3. The normalized spacial score (nSPS) is 22.7. The molecule has 3 aliphatic rings. The van der Waals surface area contributed by atoms with Crippen molar-refractivity contribution in [3.63, 3.8) is 0 Å². The molecule has 3 N–H and O–H groups in total. The summed E-state index contributed by atoms with van der Waals surface area (Å²) in [4.78, 5) is 42.7. The lowest BCUT2D eigenvalue weighted by Gasteiger charge is -2.48. The third kappa shape index (κ3) is 5.11. The molecule has 3 atom stereocenters. The second-order valence-electron chi connectivity index (χ2n) is 7.56. The molecule has 0 spiro atoms. The number of rotatable bonds is 5. The van der Waals surface area contributed by atoms with Gasteiger partial charge in [-0.3, -0.25) is 14.7 Å². The topological polar surface area (TPSA) is 142 Å². The summed E-state index contributed by atoms with van der Waals surface area (Å²) in [6.07, 6.45) is -2.13. The van der Waals surface area contributed by atoms with Gasteiger partial charge in [-0.1, -0.05) is 11.8 Å². The molecule has 0 aromatic carbocycles. The lowest BCUT2D eigenvalue weighted by Crippen LogP contribution is -2.71. The number of thiazole rings is 1. The van der Waals surface area contributed by atoms with Gasteiger partial charge in [0.25, 0.3) is 0 Å². The van der Waals surface area contributed by atoms with Crippen LogP contribution in [0.15, 0.2) is 45.7 Å². The Labute approximate surface area is 203 Å². The number of piperidine rings is 1. The summed E-state index contributed by atoms with van der Waals surface area (Å²) in [6.45, 7) is 0.738. The Morgan fingerprint density at radius 1 is 1.34 bits per heavy atom. The summed E-state index contributed by atoms with van der Waals surface area (Å²) in [7, 11) is 0. The lowest BCUT2D eigenvalue weighted by atomic mass is 9.80. The number of ether oxygens (including phenoxy) is 1. The molecule has 5 heterocycles. The van der Waals surface area contributed by atoms with Gasteiger partial charge in [0.2, 0.25) is 11.8 Å². The van der Waals surface area contributed by atoms with Crippen molar-refractivity contribution in [2.75, 3.05) is 12.3 Å². The number of aromatic nitrogens is 2. The van der Waals surface area contributed by atoms with Crippen LogP contribution in [-0.4, -0.2) is 73.7 Å². The number of carbonyl (C=O) groups excluding carboxylic acids is 1. The lowest BCUT2D eigenvalue weighted by molar-refractivity contribution is -0.192. The zero-order chi connectivity index (χ0) is 25.3. The van der Waals surface area contributed by atoms with E-state index < -0.39 is 18.3 Å². The van der Waals surface area contributed by atoms with E-state index in [9.17, 15) is 22.8 Å². The van der Waals surface area contributed by atoms with Crippen LogP contribution in [0, 0.1) is 5.92 Å². The van der Waals surface area contributed by atoms with Gasteiger partial charge in [-0.2, -0.15) is 13.2 Å². The molecule has 1 unspecified atom stereocenters. The van der Waals surface area contributed by atoms with Crippen molar-refractivity contribution in [3.05, 3.63) is 41.4 Å². The van der Waals surface area contributed by atoms with Crippen LogP contribution in [0.25, 0.3) is 11.3 Å². The average Bonchev–Trinajstić information content (AvgIpc) is 3.39. The number of amides is 1. The predicted octanol–water partition coefficient (Wildman–Crippen LogP) is 3.04. The summed E-state index contributed by atoms with van der Waals surface area (Å²) >= 11 is 3.07. The number of nitrogens with one attached hydrogen (secondary N) is 1. The molecule has 2 aromatic rings. The molecule has 2 fully saturated rings. The highest BCUT2D eigenvalue weighted by Gasteiger charge is 2.60. The molecule has 0 radical (unpaired) electrons. The minimum absolute atomic E-state index is 0.0338. The van der Waals surface area contributed by atoms with Gasteiger partial charge >= 0.3 is 18.3 Å². The van der Waals surface area contributed by atoms with Gasteiger partial charge in [-0.15, -0.1) is 11.3 Å². The molecule has 0 aliphatic carbocycles. The molecule has 2 saturated heterocycles. The smallest absolute Gasteiger partial charge is 0.475 e. The number of carboxylic acid groups (broad SMARTS) is 2. The maximum Gasteiger partial charge on any atom is 0.512 e. The quantitative estimate of drug-likeness (QED) is 0.300. The highest BCUT2D eigenvalue weighted by atomic mass is 32.2. The summed E-state index contributed by atoms with van der Waals surface area (Å²) in [6, 6.07) is 3.56. The number of hydrogen-bond donors (Lipinski definition) is 3. The summed E-state index contributed by atoms with van der Waals surface area (Å²) in [5.41, 5.74) is 2.70. The first-order valence-electron chi connectivity index (χ1n) is 10.1. The Morgan fingerprint density at radius 2 is 2.09 bits per heavy atom. The number of thioether (sulfide) groups is 1. The minimum Gasteiger partial charge on any atom is -0.475 e. The van der Waals surface area contributed by atoms with Crippen LogP contribution >= 0.6 is 23.1 Å². The Hall–Kier alpha value is -3.17. The number of pyridine rings is 1. The third-order valence-electron chi connectivity index (χ3n) is 5.53. The van der Waals surface area contributed by atoms with E-state index in [-0.39, 0.29) is 29.8 Å². The Bertz CT molecular complexity index is 1170. The number of β-lactam (4-membered cyclic amide) rings is 1. The van der Waals surface area contributed by atoms with E-state index in [1.54, 1.807) is 12.4 Å². The van der Waals surface area contributed by atoms with Crippen LogP contribution in [-0.2, 0) is 14.3 Å². The van der Waals surface area contributed by atoms with Crippen LogP contribution in [0.4, 0.5) is 18.0 Å². The highest BCUT2D eigenvalue weighted by molar-refractivity contribution is 8.01. The number of carboxylic acids is 1. The van der Waals surface area contributed by atoms with Gasteiger partial charge in [0.05, 0.1) is 11.7 Å². The van der Waals surface area contributed by atoms with Gasteiger partial charge in [0.1, 0.15) is 6.04 Å². The van der Waals surface area contributed by atoms with Crippen molar-refractivity contribution in [1.82, 2.24) is 20.2 Å². The maximum absolute atomic E-state index is 12.4. The van der Waals surface area contributed by atoms with Crippen molar-refractivity contribution >= 4 is 41.1 Å². The maximum atomic E-state index is 12.4. The summed E-state index contributed by atoms with van der Waals surface area (Å²) < 4.78 is 37.7. The van der Waals surface area contributed by atoms with Crippen molar-refractivity contribution in [2.24, 2.45) is 5.92 Å².